The Labute approximate surface area is 156 Å². The van der Waals surface area contributed by atoms with Crippen molar-refractivity contribution in [2.24, 2.45) is 0 Å². The van der Waals surface area contributed by atoms with Gasteiger partial charge in [0.15, 0.2) is 0 Å². The van der Waals surface area contributed by atoms with E-state index in [1.54, 1.807) is 0 Å². The first-order chi connectivity index (χ1) is 12.9. The number of hydrogen-bond acceptors (Lipinski definition) is 3. The Morgan fingerprint density at radius 2 is 1.56 bits per heavy atom. The predicted octanol–water partition coefficient (Wildman–Crippen LogP) is 3.96. The monoisotopic (exact) mass is 377 g/mol. The van der Waals surface area contributed by atoms with Crippen molar-refractivity contribution in [2.45, 2.75) is 43.2 Å². The summed E-state index contributed by atoms with van der Waals surface area (Å²) in [6, 6.07) is 15.1. The van der Waals surface area contributed by atoms with Gasteiger partial charge in [0.25, 0.3) is 0 Å². The summed E-state index contributed by atoms with van der Waals surface area (Å²) in [6.07, 6.45) is -3.48. The van der Waals surface area contributed by atoms with Crippen LogP contribution in [-0.2, 0) is 23.1 Å². The third-order valence-corrected chi connectivity index (χ3v) is 5.66. The van der Waals surface area contributed by atoms with Gasteiger partial charge in [-0.25, -0.2) is 0 Å². The Balaban J connectivity index is 1.55. The Hall–Kier alpha value is -1.89. The molecule has 0 radical (unpaired) electrons. The van der Waals surface area contributed by atoms with Gasteiger partial charge >= 0.3 is 6.18 Å². The predicted molar refractivity (Wildman–Crippen MR) is 95.0 cm³/mol. The molecule has 2 aliphatic heterocycles. The maximum absolute atomic E-state index is 12.8. The second-order valence-electron chi connectivity index (χ2n) is 7.52. The first-order valence-electron chi connectivity index (χ1n) is 9.13. The van der Waals surface area contributed by atoms with E-state index >= 15 is 0 Å². The van der Waals surface area contributed by atoms with E-state index in [0.717, 1.165) is 18.7 Å². The minimum atomic E-state index is -4.37. The molecule has 2 aromatic rings. The number of morpholine rings is 1. The molecule has 0 saturated carbocycles. The lowest BCUT2D eigenvalue weighted by molar-refractivity contribution is -0.149. The van der Waals surface area contributed by atoms with Crippen LogP contribution in [0.4, 0.5) is 13.2 Å². The standard InChI is InChI=1S/C21H22F3NO2/c22-21(23,24)17-8-6-16(7-9-17)20(26)10-18-13-27-14-19(11-20)25(18)12-15-4-2-1-3-5-15/h1-9,18-19,26H,10-14H2. The summed E-state index contributed by atoms with van der Waals surface area (Å²) in [4.78, 5) is 2.36. The van der Waals surface area contributed by atoms with Crippen LogP contribution < -0.4 is 0 Å². The highest BCUT2D eigenvalue weighted by molar-refractivity contribution is 5.30. The lowest BCUT2D eigenvalue weighted by Crippen LogP contribution is -2.60. The van der Waals surface area contributed by atoms with Crippen LogP contribution in [0.25, 0.3) is 0 Å². The Morgan fingerprint density at radius 3 is 2.11 bits per heavy atom. The molecule has 3 nitrogen and oxygen atoms in total. The van der Waals surface area contributed by atoms with Crippen molar-refractivity contribution in [3.05, 3.63) is 71.3 Å². The normalized spacial score (nSPS) is 28.9. The third-order valence-electron chi connectivity index (χ3n) is 5.66. The number of aliphatic hydroxyl groups is 1. The molecular weight excluding hydrogens is 355 g/mol. The van der Waals surface area contributed by atoms with Gasteiger partial charge in [-0.05, 0) is 36.1 Å². The van der Waals surface area contributed by atoms with E-state index in [9.17, 15) is 18.3 Å². The van der Waals surface area contributed by atoms with E-state index in [-0.39, 0.29) is 12.1 Å². The minimum absolute atomic E-state index is 0.0324. The van der Waals surface area contributed by atoms with Gasteiger partial charge in [-0.3, -0.25) is 4.90 Å². The highest BCUT2D eigenvalue weighted by Gasteiger charge is 2.47. The van der Waals surface area contributed by atoms with Crippen LogP contribution in [0.5, 0.6) is 0 Å². The number of alkyl halides is 3. The van der Waals surface area contributed by atoms with Crippen LogP contribution >= 0.6 is 0 Å². The molecule has 4 rings (SSSR count). The van der Waals surface area contributed by atoms with E-state index in [2.05, 4.69) is 17.0 Å². The minimum Gasteiger partial charge on any atom is -0.385 e. The quantitative estimate of drug-likeness (QED) is 0.879. The van der Waals surface area contributed by atoms with Gasteiger partial charge < -0.3 is 9.84 Å². The molecule has 27 heavy (non-hydrogen) atoms. The van der Waals surface area contributed by atoms with Crippen molar-refractivity contribution in [2.75, 3.05) is 13.2 Å². The number of rotatable bonds is 3. The van der Waals surface area contributed by atoms with Crippen LogP contribution in [0.2, 0.25) is 0 Å². The summed E-state index contributed by atoms with van der Waals surface area (Å²) in [5.74, 6) is 0. The van der Waals surface area contributed by atoms with Crippen LogP contribution in [0.1, 0.15) is 29.5 Å². The van der Waals surface area contributed by atoms with Gasteiger partial charge in [-0.15, -0.1) is 0 Å². The van der Waals surface area contributed by atoms with E-state index in [0.29, 0.717) is 31.6 Å². The van der Waals surface area contributed by atoms with E-state index in [1.807, 2.05) is 18.2 Å². The number of ether oxygens (including phenoxy) is 1. The lowest BCUT2D eigenvalue weighted by atomic mass is 9.76. The molecule has 1 N–H and O–H groups in total. The average molecular weight is 377 g/mol. The molecule has 2 atom stereocenters. The number of halogens is 3. The second kappa shape index (κ2) is 6.93. The maximum atomic E-state index is 12.8. The average Bonchev–Trinajstić information content (AvgIpc) is 2.63. The number of hydrogen-bond donors (Lipinski definition) is 1. The highest BCUT2D eigenvalue weighted by Crippen LogP contribution is 2.42. The van der Waals surface area contributed by atoms with Gasteiger partial charge in [-0.2, -0.15) is 13.2 Å². The largest absolute Gasteiger partial charge is 0.416 e. The molecule has 2 aliphatic rings. The van der Waals surface area contributed by atoms with Crippen molar-refractivity contribution >= 4 is 0 Å². The fourth-order valence-corrected chi connectivity index (χ4v) is 4.30. The second-order valence-corrected chi connectivity index (χ2v) is 7.52. The van der Waals surface area contributed by atoms with Gasteiger partial charge in [0, 0.05) is 18.6 Å². The summed E-state index contributed by atoms with van der Waals surface area (Å²) in [7, 11) is 0. The molecule has 2 fully saturated rings. The van der Waals surface area contributed by atoms with Crippen LogP contribution in [0, 0.1) is 0 Å². The molecule has 6 heteroatoms. The molecule has 2 unspecified atom stereocenters. The third kappa shape index (κ3) is 3.74. The molecule has 2 saturated heterocycles. The molecule has 0 amide bonds. The van der Waals surface area contributed by atoms with Crippen LogP contribution in [0.15, 0.2) is 54.6 Å². The number of nitrogens with zero attached hydrogens (tertiary/aromatic N) is 1. The zero-order chi connectivity index (χ0) is 19.1. The van der Waals surface area contributed by atoms with Crippen molar-refractivity contribution in [1.29, 1.82) is 0 Å². The molecule has 0 spiro atoms. The van der Waals surface area contributed by atoms with E-state index < -0.39 is 17.3 Å². The molecular formula is C21H22F3NO2. The first kappa shape index (κ1) is 18.5. The topological polar surface area (TPSA) is 32.7 Å². The fourth-order valence-electron chi connectivity index (χ4n) is 4.30. The molecule has 0 aromatic heterocycles. The number of piperidine rings is 1. The van der Waals surface area contributed by atoms with E-state index in [4.69, 9.17) is 4.74 Å². The molecule has 0 aliphatic carbocycles. The van der Waals surface area contributed by atoms with Crippen LogP contribution in [0.3, 0.4) is 0 Å². The molecule has 144 valence electrons. The van der Waals surface area contributed by atoms with Crippen molar-refractivity contribution < 1.29 is 23.0 Å². The lowest BCUT2D eigenvalue weighted by Gasteiger charge is -2.52. The zero-order valence-electron chi connectivity index (χ0n) is 14.8. The Kier molecular flexibility index (Phi) is 4.74. The summed E-state index contributed by atoms with van der Waals surface area (Å²) >= 11 is 0. The van der Waals surface area contributed by atoms with Crippen molar-refractivity contribution in [3.63, 3.8) is 0 Å². The van der Waals surface area contributed by atoms with Crippen molar-refractivity contribution in [1.82, 2.24) is 4.90 Å². The summed E-state index contributed by atoms with van der Waals surface area (Å²) in [5.41, 5.74) is -0.0720. The summed E-state index contributed by atoms with van der Waals surface area (Å²) in [6.45, 7) is 1.82. The van der Waals surface area contributed by atoms with Crippen LogP contribution in [-0.4, -0.2) is 35.3 Å². The molecule has 2 bridgehead atoms. The van der Waals surface area contributed by atoms with Crippen molar-refractivity contribution in [3.8, 4) is 0 Å². The SMILES string of the molecule is OC1(c2ccc(C(F)(F)F)cc2)CC2COCC(C1)N2Cc1ccccc1. The fraction of sp³-hybridized carbons (Fsp3) is 0.429. The first-order valence-corrected chi connectivity index (χ1v) is 9.13. The smallest absolute Gasteiger partial charge is 0.385 e. The maximum Gasteiger partial charge on any atom is 0.416 e. The Bertz CT molecular complexity index is 762. The molecule has 2 aromatic carbocycles. The summed E-state index contributed by atoms with van der Waals surface area (Å²) in [5, 5.41) is 11.3. The molecule has 2 heterocycles. The van der Waals surface area contributed by atoms with Gasteiger partial charge in [0.2, 0.25) is 0 Å². The van der Waals surface area contributed by atoms with Gasteiger partial charge in [0.05, 0.1) is 24.4 Å². The zero-order valence-corrected chi connectivity index (χ0v) is 14.8. The summed E-state index contributed by atoms with van der Waals surface area (Å²) < 4.78 is 44.1. The van der Waals surface area contributed by atoms with E-state index in [1.165, 1.54) is 17.7 Å². The number of benzene rings is 2. The highest BCUT2D eigenvalue weighted by atomic mass is 19.4. The Morgan fingerprint density at radius 1 is 0.963 bits per heavy atom. The van der Waals surface area contributed by atoms with Gasteiger partial charge in [0.1, 0.15) is 0 Å². The number of fused-ring (bicyclic) bond motifs is 2. The van der Waals surface area contributed by atoms with Gasteiger partial charge in [-0.1, -0.05) is 42.5 Å².